The SMILES string of the molecule is CC(=O)C(C)Cc1ccc(OCCCCSc2ccncc2)c(C)c1O. The van der Waals surface area contributed by atoms with Gasteiger partial charge in [0.15, 0.2) is 0 Å². The zero-order valence-electron chi connectivity index (χ0n) is 15.7. The molecule has 1 heterocycles. The Bertz CT molecular complexity index is 719. The summed E-state index contributed by atoms with van der Waals surface area (Å²) in [6.07, 6.45) is 6.19. The minimum atomic E-state index is -0.0926. The van der Waals surface area contributed by atoms with Crippen molar-refractivity contribution in [2.45, 2.75) is 44.9 Å². The van der Waals surface area contributed by atoms with Crippen LogP contribution in [0.2, 0.25) is 0 Å². The number of rotatable bonds is 10. The molecule has 0 saturated carbocycles. The van der Waals surface area contributed by atoms with Crippen molar-refractivity contribution in [3.05, 3.63) is 47.8 Å². The molecule has 4 nitrogen and oxygen atoms in total. The molecule has 1 atom stereocenters. The van der Waals surface area contributed by atoms with Crippen LogP contribution in [-0.4, -0.2) is 28.2 Å². The van der Waals surface area contributed by atoms with Crippen LogP contribution in [-0.2, 0) is 11.2 Å². The van der Waals surface area contributed by atoms with E-state index in [1.54, 1.807) is 6.92 Å². The van der Waals surface area contributed by atoms with Crippen LogP contribution in [0.25, 0.3) is 0 Å². The molecule has 0 bridgehead atoms. The normalized spacial score (nSPS) is 12.0. The van der Waals surface area contributed by atoms with Gasteiger partial charge in [-0.2, -0.15) is 0 Å². The van der Waals surface area contributed by atoms with Gasteiger partial charge in [0.1, 0.15) is 17.3 Å². The van der Waals surface area contributed by atoms with Gasteiger partial charge >= 0.3 is 0 Å². The summed E-state index contributed by atoms with van der Waals surface area (Å²) in [7, 11) is 0. The highest BCUT2D eigenvalue weighted by Gasteiger charge is 2.15. The highest BCUT2D eigenvalue weighted by atomic mass is 32.2. The number of carbonyl (C=O) groups is 1. The van der Waals surface area contributed by atoms with E-state index in [1.807, 2.05) is 62.3 Å². The largest absolute Gasteiger partial charge is 0.507 e. The number of benzene rings is 1. The maximum Gasteiger partial charge on any atom is 0.132 e. The van der Waals surface area contributed by atoms with Gasteiger partial charge in [0.2, 0.25) is 0 Å². The number of thioether (sulfide) groups is 1. The summed E-state index contributed by atoms with van der Waals surface area (Å²) in [5, 5.41) is 10.4. The lowest BCUT2D eigenvalue weighted by atomic mass is 9.95. The number of carbonyl (C=O) groups excluding carboxylic acids is 1. The third-order valence-electron chi connectivity index (χ3n) is 4.40. The molecule has 0 radical (unpaired) electrons. The first-order valence-corrected chi connectivity index (χ1v) is 9.95. The summed E-state index contributed by atoms with van der Waals surface area (Å²) in [6.45, 7) is 5.94. The lowest BCUT2D eigenvalue weighted by Crippen LogP contribution is -2.10. The Morgan fingerprint density at radius 1 is 1.23 bits per heavy atom. The molecule has 1 aromatic carbocycles. The number of unbranched alkanes of at least 4 members (excludes halogenated alkanes) is 1. The number of phenolic OH excluding ortho intramolecular Hbond substituents is 1. The van der Waals surface area contributed by atoms with Crippen LogP contribution in [0.5, 0.6) is 11.5 Å². The molecule has 0 amide bonds. The Morgan fingerprint density at radius 2 is 1.96 bits per heavy atom. The zero-order chi connectivity index (χ0) is 18.9. The number of hydrogen-bond acceptors (Lipinski definition) is 5. The molecule has 0 aliphatic rings. The third-order valence-corrected chi connectivity index (χ3v) is 5.50. The van der Waals surface area contributed by atoms with Crippen LogP contribution in [0.4, 0.5) is 0 Å². The summed E-state index contributed by atoms with van der Waals surface area (Å²) in [5.41, 5.74) is 1.54. The van der Waals surface area contributed by atoms with Crippen molar-refractivity contribution in [3.8, 4) is 11.5 Å². The second kappa shape index (κ2) is 10.2. The summed E-state index contributed by atoms with van der Waals surface area (Å²) in [6, 6.07) is 7.78. The van der Waals surface area contributed by atoms with E-state index in [9.17, 15) is 9.90 Å². The van der Waals surface area contributed by atoms with Crippen LogP contribution in [0.1, 0.15) is 37.8 Å². The van der Waals surface area contributed by atoms with Gasteiger partial charge in [-0.15, -0.1) is 11.8 Å². The van der Waals surface area contributed by atoms with E-state index in [0.29, 0.717) is 18.8 Å². The van der Waals surface area contributed by atoms with Crippen molar-refractivity contribution in [2.75, 3.05) is 12.4 Å². The monoisotopic (exact) mass is 373 g/mol. The van der Waals surface area contributed by atoms with Gasteiger partial charge in [-0.05, 0) is 62.6 Å². The molecule has 0 saturated heterocycles. The number of Topliss-reactive ketones (excluding diaryl/α,β-unsaturated/α-hetero) is 1. The standard InChI is InChI=1S/C21H27NO3S/c1-15(17(3)23)14-18-6-7-20(16(2)21(18)24)25-12-4-5-13-26-19-8-10-22-11-9-19/h6-11,15,24H,4-5,12-14H2,1-3H3. The Hall–Kier alpha value is -2.01. The lowest BCUT2D eigenvalue weighted by Gasteiger charge is -2.15. The average Bonchev–Trinajstić information content (AvgIpc) is 2.64. The molecule has 1 N–H and O–H groups in total. The fourth-order valence-electron chi connectivity index (χ4n) is 2.54. The van der Waals surface area contributed by atoms with E-state index in [0.717, 1.165) is 29.7 Å². The fraction of sp³-hybridized carbons (Fsp3) is 0.429. The molecule has 0 spiro atoms. The minimum Gasteiger partial charge on any atom is -0.507 e. The highest BCUT2D eigenvalue weighted by Crippen LogP contribution is 2.32. The number of nitrogens with zero attached hydrogens (tertiary/aromatic N) is 1. The molecule has 2 aromatic rings. The molecule has 140 valence electrons. The van der Waals surface area contributed by atoms with Crippen molar-refractivity contribution in [2.24, 2.45) is 5.92 Å². The van der Waals surface area contributed by atoms with Crippen molar-refractivity contribution in [1.82, 2.24) is 4.98 Å². The van der Waals surface area contributed by atoms with Gasteiger partial charge in [-0.1, -0.05) is 13.0 Å². The van der Waals surface area contributed by atoms with Crippen molar-refractivity contribution in [1.29, 1.82) is 0 Å². The van der Waals surface area contributed by atoms with Gasteiger partial charge in [-0.3, -0.25) is 9.78 Å². The van der Waals surface area contributed by atoms with E-state index in [-0.39, 0.29) is 17.5 Å². The molecule has 0 aliphatic heterocycles. The number of phenols is 1. The number of ketones is 1. The summed E-state index contributed by atoms with van der Waals surface area (Å²) >= 11 is 1.82. The van der Waals surface area contributed by atoms with Gasteiger partial charge in [-0.25, -0.2) is 0 Å². The predicted molar refractivity (Wildman–Crippen MR) is 106 cm³/mol. The van der Waals surface area contributed by atoms with Crippen LogP contribution < -0.4 is 4.74 Å². The summed E-state index contributed by atoms with van der Waals surface area (Å²) in [5.74, 6) is 2.03. The molecule has 1 unspecified atom stereocenters. The Kier molecular flexibility index (Phi) is 7.98. The first-order chi connectivity index (χ1) is 12.5. The quantitative estimate of drug-likeness (QED) is 0.478. The minimum absolute atomic E-state index is 0.0926. The topological polar surface area (TPSA) is 59.4 Å². The molecule has 26 heavy (non-hydrogen) atoms. The third kappa shape index (κ3) is 6.06. The number of ether oxygens (including phenoxy) is 1. The molecule has 0 fully saturated rings. The van der Waals surface area contributed by atoms with E-state index < -0.39 is 0 Å². The van der Waals surface area contributed by atoms with Crippen molar-refractivity contribution >= 4 is 17.5 Å². The fourth-order valence-corrected chi connectivity index (χ4v) is 3.44. The summed E-state index contributed by atoms with van der Waals surface area (Å²) in [4.78, 5) is 16.7. The van der Waals surface area contributed by atoms with E-state index in [4.69, 9.17) is 4.74 Å². The van der Waals surface area contributed by atoms with Crippen LogP contribution >= 0.6 is 11.8 Å². The van der Waals surface area contributed by atoms with Crippen LogP contribution in [0, 0.1) is 12.8 Å². The van der Waals surface area contributed by atoms with E-state index in [1.165, 1.54) is 4.90 Å². The number of aromatic hydroxyl groups is 1. The average molecular weight is 374 g/mol. The molecule has 2 rings (SSSR count). The molecule has 5 heteroatoms. The molecule has 0 aliphatic carbocycles. The predicted octanol–water partition coefficient (Wildman–Crippen LogP) is 4.81. The van der Waals surface area contributed by atoms with Crippen LogP contribution in [0.15, 0.2) is 41.6 Å². The van der Waals surface area contributed by atoms with Gasteiger partial charge < -0.3 is 9.84 Å². The number of aromatic nitrogens is 1. The first kappa shape index (κ1) is 20.3. The maximum atomic E-state index is 11.4. The molecule has 1 aromatic heterocycles. The van der Waals surface area contributed by atoms with Gasteiger partial charge in [0, 0.05) is 28.8 Å². The number of hydrogen-bond donors (Lipinski definition) is 1. The van der Waals surface area contributed by atoms with E-state index >= 15 is 0 Å². The summed E-state index contributed by atoms with van der Waals surface area (Å²) < 4.78 is 5.83. The Morgan fingerprint density at radius 3 is 2.65 bits per heavy atom. The van der Waals surface area contributed by atoms with Crippen molar-refractivity contribution in [3.63, 3.8) is 0 Å². The van der Waals surface area contributed by atoms with Gasteiger partial charge in [0.05, 0.1) is 6.61 Å². The molecular formula is C21H27NO3S. The second-order valence-corrected chi connectivity index (χ2v) is 7.67. The Labute approximate surface area is 160 Å². The zero-order valence-corrected chi connectivity index (χ0v) is 16.5. The molecular weight excluding hydrogens is 346 g/mol. The van der Waals surface area contributed by atoms with Crippen LogP contribution in [0.3, 0.4) is 0 Å². The van der Waals surface area contributed by atoms with Gasteiger partial charge in [0.25, 0.3) is 0 Å². The second-order valence-electron chi connectivity index (χ2n) is 6.50. The Balaban J connectivity index is 1.77. The first-order valence-electron chi connectivity index (χ1n) is 8.96. The maximum absolute atomic E-state index is 11.4. The smallest absolute Gasteiger partial charge is 0.132 e. The lowest BCUT2D eigenvalue weighted by molar-refractivity contribution is -0.120. The highest BCUT2D eigenvalue weighted by molar-refractivity contribution is 7.99. The van der Waals surface area contributed by atoms with E-state index in [2.05, 4.69) is 4.98 Å². The number of pyridine rings is 1. The van der Waals surface area contributed by atoms with Crippen molar-refractivity contribution < 1.29 is 14.6 Å².